The average Bonchev–Trinajstić information content (AvgIpc) is 3.01. The molecular weight excluding hydrogens is 516 g/mol. The summed E-state index contributed by atoms with van der Waals surface area (Å²) in [5, 5.41) is 5.87. The Balaban J connectivity index is 1.20. The molecule has 0 fully saturated rings. The maximum atomic E-state index is 12.8. The van der Waals surface area contributed by atoms with E-state index < -0.39 is 11.9 Å². The van der Waals surface area contributed by atoms with E-state index >= 15 is 0 Å². The molecule has 5 rings (SSSR count). The number of esters is 1. The molecule has 204 valence electrons. The Kier molecular flexibility index (Phi) is 8.66. The number of amides is 1. The average molecular weight is 545 g/mol. The molecule has 0 bridgehead atoms. The molecule has 0 spiro atoms. The van der Waals surface area contributed by atoms with Gasteiger partial charge >= 0.3 is 5.97 Å². The number of nitrogens with one attached hydrogen (secondary N) is 1. The summed E-state index contributed by atoms with van der Waals surface area (Å²) >= 11 is 0. The number of ether oxygens (including phenoxy) is 3. The molecule has 5 aromatic rings. The number of nitrogens with zero attached hydrogens (tertiary/aromatic N) is 1. The predicted octanol–water partition coefficient (Wildman–Crippen LogP) is 6.48. The summed E-state index contributed by atoms with van der Waals surface area (Å²) in [7, 11) is 0. The lowest BCUT2D eigenvalue weighted by molar-refractivity contribution is -0.123. The smallest absolute Gasteiger partial charge is 0.343 e. The van der Waals surface area contributed by atoms with Crippen molar-refractivity contribution in [2.75, 3.05) is 6.61 Å². The van der Waals surface area contributed by atoms with E-state index in [0.717, 1.165) is 21.9 Å². The van der Waals surface area contributed by atoms with Crippen molar-refractivity contribution >= 4 is 28.9 Å². The van der Waals surface area contributed by atoms with Crippen molar-refractivity contribution in [2.45, 2.75) is 13.5 Å². The first kappa shape index (κ1) is 27.1. The molecular formula is C34H28N2O5. The van der Waals surface area contributed by atoms with E-state index in [-0.39, 0.29) is 6.61 Å². The minimum Gasteiger partial charge on any atom is -0.489 e. The number of benzene rings is 5. The normalized spacial score (nSPS) is 10.9. The van der Waals surface area contributed by atoms with Crippen LogP contribution in [0, 0.1) is 6.92 Å². The van der Waals surface area contributed by atoms with Gasteiger partial charge < -0.3 is 14.2 Å². The number of hydrazone groups is 1. The molecule has 0 aliphatic rings. The molecule has 0 aliphatic carbocycles. The molecule has 0 saturated heterocycles. The second-order valence-electron chi connectivity index (χ2n) is 9.29. The van der Waals surface area contributed by atoms with E-state index in [1.165, 1.54) is 6.21 Å². The highest BCUT2D eigenvalue weighted by Gasteiger charge is 2.14. The second kappa shape index (κ2) is 13.1. The van der Waals surface area contributed by atoms with Crippen LogP contribution in [-0.4, -0.2) is 24.7 Å². The molecule has 41 heavy (non-hydrogen) atoms. The van der Waals surface area contributed by atoms with Crippen LogP contribution < -0.4 is 19.6 Å². The topological polar surface area (TPSA) is 86.2 Å². The van der Waals surface area contributed by atoms with Gasteiger partial charge in [0.2, 0.25) is 0 Å². The van der Waals surface area contributed by atoms with Gasteiger partial charge in [0.05, 0.1) is 11.8 Å². The molecule has 0 unspecified atom stereocenters. The van der Waals surface area contributed by atoms with Crippen molar-refractivity contribution in [1.82, 2.24) is 5.43 Å². The first-order chi connectivity index (χ1) is 20.0. The van der Waals surface area contributed by atoms with E-state index in [1.807, 2.05) is 73.7 Å². The van der Waals surface area contributed by atoms with Crippen LogP contribution in [-0.2, 0) is 11.4 Å². The van der Waals surface area contributed by atoms with Crippen LogP contribution in [0.2, 0.25) is 0 Å². The van der Waals surface area contributed by atoms with Crippen molar-refractivity contribution in [2.24, 2.45) is 5.10 Å². The fourth-order valence-electron chi connectivity index (χ4n) is 4.15. The van der Waals surface area contributed by atoms with Crippen LogP contribution in [0.1, 0.15) is 27.0 Å². The summed E-state index contributed by atoms with van der Waals surface area (Å²) in [6.07, 6.45) is 1.47. The minimum absolute atomic E-state index is 0.230. The Morgan fingerprint density at radius 2 is 1.51 bits per heavy atom. The van der Waals surface area contributed by atoms with E-state index in [4.69, 9.17) is 14.2 Å². The summed E-state index contributed by atoms with van der Waals surface area (Å²) in [5.74, 6) is 0.635. The third kappa shape index (κ3) is 7.36. The van der Waals surface area contributed by atoms with Gasteiger partial charge in [-0.1, -0.05) is 78.4 Å². The standard InChI is InChI=1S/C34H28N2O5/c1-24-8-7-12-27(20-24)34(38)41-32-19-14-26-11-5-6-13-30(26)31(32)21-35-36-33(37)23-40-29-17-15-28(16-18-29)39-22-25-9-3-2-4-10-25/h2-21H,22-23H2,1H3,(H,36,37)/b35-21-. The number of hydrogen-bond donors (Lipinski definition) is 1. The summed E-state index contributed by atoms with van der Waals surface area (Å²) in [5.41, 5.74) is 5.52. The van der Waals surface area contributed by atoms with Gasteiger partial charge in [-0.15, -0.1) is 0 Å². The molecule has 0 aliphatic heterocycles. The van der Waals surface area contributed by atoms with Gasteiger partial charge in [-0.2, -0.15) is 5.10 Å². The third-order valence-electron chi connectivity index (χ3n) is 6.21. The van der Waals surface area contributed by atoms with Gasteiger partial charge in [-0.05, 0) is 65.7 Å². The van der Waals surface area contributed by atoms with Gasteiger partial charge in [0, 0.05) is 5.56 Å². The third-order valence-corrected chi connectivity index (χ3v) is 6.21. The molecule has 0 atom stereocenters. The molecule has 5 aromatic carbocycles. The van der Waals surface area contributed by atoms with Gasteiger partial charge in [-0.3, -0.25) is 4.79 Å². The monoisotopic (exact) mass is 544 g/mol. The highest BCUT2D eigenvalue weighted by atomic mass is 16.5. The summed E-state index contributed by atoms with van der Waals surface area (Å²) in [6, 6.07) is 35.4. The van der Waals surface area contributed by atoms with Crippen LogP contribution in [0.25, 0.3) is 10.8 Å². The number of fused-ring (bicyclic) bond motifs is 1. The highest BCUT2D eigenvalue weighted by Crippen LogP contribution is 2.27. The fourth-order valence-corrected chi connectivity index (χ4v) is 4.15. The van der Waals surface area contributed by atoms with Crippen molar-refractivity contribution in [3.63, 3.8) is 0 Å². The van der Waals surface area contributed by atoms with Crippen molar-refractivity contribution in [3.8, 4) is 17.2 Å². The lowest BCUT2D eigenvalue weighted by Crippen LogP contribution is -2.24. The molecule has 7 heteroatoms. The number of carbonyl (C=O) groups is 2. The summed E-state index contributed by atoms with van der Waals surface area (Å²) < 4.78 is 17.1. The number of rotatable bonds is 10. The molecule has 0 aromatic heterocycles. The second-order valence-corrected chi connectivity index (χ2v) is 9.29. The van der Waals surface area contributed by atoms with Gasteiger partial charge in [-0.25, -0.2) is 10.2 Å². The van der Waals surface area contributed by atoms with Gasteiger partial charge in [0.15, 0.2) is 6.61 Å². The van der Waals surface area contributed by atoms with Crippen LogP contribution in [0.15, 0.2) is 120 Å². The lowest BCUT2D eigenvalue weighted by atomic mass is 10.0. The lowest BCUT2D eigenvalue weighted by Gasteiger charge is -2.11. The largest absolute Gasteiger partial charge is 0.489 e. The number of aryl methyl sites for hydroxylation is 1. The Labute approximate surface area is 238 Å². The Morgan fingerprint density at radius 1 is 0.780 bits per heavy atom. The van der Waals surface area contributed by atoms with Crippen LogP contribution in [0.5, 0.6) is 17.2 Å². The first-order valence-electron chi connectivity index (χ1n) is 13.1. The van der Waals surface area contributed by atoms with Crippen LogP contribution in [0.4, 0.5) is 0 Å². The minimum atomic E-state index is -0.479. The number of hydrogen-bond acceptors (Lipinski definition) is 6. The summed E-state index contributed by atoms with van der Waals surface area (Å²) in [6.45, 7) is 2.14. The van der Waals surface area contributed by atoms with E-state index in [2.05, 4.69) is 10.5 Å². The zero-order valence-electron chi connectivity index (χ0n) is 22.4. The zero-order chi connectivity index (χ0) is 28.4. The molecule has 0 heterocycles. The summed E-state index contributed by atoms with van der Waals surface area (Å²) in [4.78, 5) is 25.2. The maximum absolute atomic E-state index is 12.8. The Morgan fingerprint density at radius 3 is 2.29 bits per heavy atom. The highest BCUT2D eigenvalue weighted by molar-refractivity contribution is 6.04. The van der Waals surface area contributed by atoms with Crippen molar-refractivity contribution in [3.05, 3.63) is 138 Å². The molecule has 7 nitrogen and oxygen atoms in total. The van der Waals surface area contributed by atoms with E-state index in [9.17, 15) is 9.59 Å². The van der Waals surface area contributed by atoms with Crippen LogP contribution in [0.3, 0.4) is 0 Å². The van der Waals surface area contributed by atoms with E-state index in [0.29, 0.717) is 35.0 Å². The molecule has 1 amide bonds. The molecule has 0 saturated carbocycles. The van der Waals surface area contributed by atoms with Crippen LogP contribution >= 0.6 is 0 Å². The van der Waals surface area contributed by atoms with Gasteiger partial charge in [0.1, 0.15) is 23.9 Å². The van der Waals surface area contributed by atoms with E-state index in [1.54, 1.807) is 48.5 Å². The SMILES string of the molecule is Cc1cccc(C(=O)Oc2ccc3ccccc3c2/C=N\NC(=O)COc2ccc(OCc3ccccc3)cc2)c1. The Bertz CT molecular complexity index is 1680. The first-order valence-corrected chi connectivity index (χ1v) is 13.1. The molecule has 0 radical (unpaired) electrons. The zero-order valence-corrected chi connectivity index (χ0v) is 22.4. The predicted molar refractivity (Wildman–Crippen MR) is 159 cm³/mol. The quantitative estimate of drug-likeness (QED) is 0.0942. The van der Waals surface area contributed by atoms with Crippen molar-refractivity contribution in [1.29, 1.82) is 0 Å². The molecule has 1 N–H and O–H groups in total. The van der Waals surface area contributed by atoms with Crippen molar-refractivity contribution < 1.29 is 23.8 Å². The number of carbonyl (C=O) groups excluding carboxylic acids is 2. The fraction of sp³-hybridized carbons (Fsp3) is 0.0882. The maximum Gasteiger partial charge on any atom is 0.343 e. The van der Waals surface area contributed by atoms with Gasteiger partial charge in [0.25, 0.3) is 5.91 Å². The Hall–Kier alpha value is -5.43.